The second-order valence-corrected chi connectivity index (χ2v) is 10.8. The smallest absolute Gasteiger partial charge is 0.0822 e. The number of β-amino-alcohol motifs (C(OH)–C–C–N with tert-alkyl or cyclic N) is 1. The molecule has 1 aromatic carbocycles. The van der Waals surface area contributed by atoms with E-state index in [4.69, 9.17) is 4.74 Å². The van der Waals surface area contributed by atoms with Gasteiger partial charge in [-0.2, -0.15) is 0 Å². The molecular formula is C26H44N4O2. The van der Waals surface area contributed by atoms with Crippen molar-refractivity contribution in [2.75, 3.05) is 85.2 Å². The van der Waals surface area contributed by atoms with Crippen molar-refractivity contribution in [2.45, 2.75) is 38.8 Å². The molecule has 0 saturated carbocycles. The minimum Gasteiger partial charge on any atom is -0.390 e. The Labute approximate surface area is 195 Å². The summed E-state index contributed by atoms with van der Waals surface area (Å²) in [5, 5.41) is 11.0. The van der Waals surface area contributed by atoms with E-state index in [1.807, 2.05) is 0 Å². The van der Waals surface area contributed by atoms with Crippen LogP contribution in [0.15, 0.2) is 30.3 Å². The molecule has 3 saturated heterocycles. The minimum atomic E-state index is -0.237. The van der Waals surface area contributed by atoms with Gasteiger partial charge in [0.1, 0.15) is 0 Å². The number of piperazine rings is 1. The van der Waals surface area contributed by atoms with Gasteiger partial charge in [0, 0.05) is 71.5 Å². The van der Waals surface area contributed by atoms with Gasteiger partial charge in [-0.1, -0.05) is 44.2 Å². The standard InChI is InChI=1S/C26H44N4O2/c1-26(2,21-28-16-18-32-19-17-28)22-29-11-9-24(25(31)20-29)30-14-12-27(13-15-30)10-8-23-6-4-3-5-7-23/h3-7,24-25,31H,8-22H2,1-2H3/t24-,25-/m0/s1. The van der Waals surface area contributed by atoms with Crippen molar-refractivity contribution in [1.29, 1.82) is 0 Å². The molecule has 0 amide bonds. The van der Waals surface area contributed by atoms with Gasteiger partial charge in [0.25, 0.3) is 0 Å². The Bertz CT molecular complexity index is 672. The summed E-state index contributed by atoms with van der Waals surface area (Å²) >= 11 is 0. The average Bonchev–Trinajstić information content (AvgIpc) is 2.79. The maximum atomic E-state index is 11.0. The van der Waals surface area contributed by atoms with E-state index in [0.717, 1.165) is 98.0 Å². The molecule has 3 fully saturated rings. The number of nitrogens with zero attached hydrogens (tertiary/aromatic N) is 4. The van der Waals surface area contributed by atoms with Crippen LogP contribution in [-0.4, -0.2) is 122 Å². The Morgan fingerprint density at radius 1 is 0.875 bits per heavy atom. The highest BCUT2D eigenvalue weighted by atomic mass is 16.5. The molecule has 3 aliphatic rings. The predicted octanol–water partition coefficient (Wildman–Crippen LogP) is 1.64. The Hall–Kier alpha value is -1.02. The van der Waals surface area contributed by atoms with Gasteiger partial charge in [-0.3, -0.25) is 9.80 Å². The van der Waals surface area contributed by atoms with Crippen LogP contribution >= 0.6 is 0 Å². The van der Waals surface area contributed by atoms with Crippen LogP contribution in [0.3, 0.4) is 0 Å². The third kappa shape index (κ3) is 6.99. The second-order valence-electron chi connectivity index (χ2n) is 10.8. The number of hydrogen-bond donors (Lipinski definition) is 1. The quantitative estimate of drug-likeness (QED) is 0.658. The Kier molecular flexibility index (Phi) is 8.60. The number of ether oxygens (including phenoxy) is 1. The molecule has 1 N–H and O–H groups in total. The summed E-state index contributed by atoms with van der Waals surface area (Å²) in [4.78, 5) is 10.2. The van der Waals surface area contributed by atoms with Gasteiger partial charge >= 0.3 is 0 Å². The highest BCUT2D eigenvalue weighted by Gasteiger charge is 2.35. The number of benzene rings is 1. The summed E-state index contributed by atoms with van der Waals surface area (Å²) in [7, 11) is 0. The van der Waals surface area contributed by atoms with Crippen LogP contribution in [0.2, 0.25) is 0 Å². The first-order chi connectivity index (χ1) is 15.5. The summed E-state index contributed by atoms with van der Waals surface area (Å²) in [6.45, 7) is 18.2. The molecule has 0 unspecified atom stereocenters. The lowest BCUT2D eigenvalue weighted by molar-refractivity contribution is -0.0405. The number of hydrogen-bond acceptors (Lipinski definition) is 6. The number of likely N-dealkylation sites (tertiary alicyclic amines) is 1. The monoisotopic (exact) mass is 444 g/mol. The van der Waals surface area contributed by atoms with E-state index in [1.54, 1.807) is 0 Å². The van der Waals surface area contributed by atoms with Crippen LogP contribution in [0.25, 0.3) is 0 Å². The summed E-state index contributed by atoms with van der Waals surface area (Å²) in [5.41, 5.74) is 1.66. The lowest BCUT2D eigenvalue weighted by Crippen LogP contribution is -2.59. The summed E-state index contributed by atoms with van der Waals surface area (Å²) < 4.78 is 5.50. The summed E-state index contributed by atoms with van der Waals surface area (Å²) in [6, 6.07) is 11.1. The van der Waals surface area contributed by atoms with Crippen molar-refractivity contribution in [3.8, 4) is 0 Å². The molecule has 0 bridgehead atoms. The van der Waals surface area contributed by atoms with E-state index in [2.05, 4.69) is 63.8 Å². The predicted molar refractivity (Wildman–Crippen MR) is 130 cm³/mol. The van der Waals surface area contributed by atoms with Crippen LogP contribution in [0.1, 0.15) is 25.8 Å². The van der Waals surface area contributed by atoms with Gasteiger partial charge < -0.3 is 19.6 Å². The van der Waals surface area contributed by atoms with E-state index in [1.165, 1.54) is 5.56 Å². The van der Waals surface area contributed by atoms with E-state index in [9.17, 15) is 5.11 Å². The van der Waals surface area contributed by atoms with Crippen molar-refractivity contribution in [1.82, 2.24) is 19.6 Å². The molecule has 3 aliphatic heterocycles. The zero-order chi connectivity index (χ0) is 22.4. The van der Waals surface area contributed by atoms with Gasteiger partial charge in [0.05, 0.1) is 19.3 Å². The first-order valence-electron chi connectivity index (χ1n) is 12.7. The highest BCUT2D eigenvalue weighted by Crippen LogP contribution is 2.25. The van der Waals surface area contributed by atoms with Gasteiger partial charge in [-0.15, -0.1) is 0 Å². The largest absolute Gasteiger partial charge is 0.390 e. The van der Waals surface area contributed by atoms with Crippen LogP contribution in [0.5, 0.6) is 0 Å². The SMILES string of the molecule is CC(C)(CN1CCOCC1)CN1CC[C@H](N2CCN(CCc3ccccc3)CC2)[C@@H](O)C1. The molecule has 6 heteroatoms. The van der Waals surface area contributed by atoms with Crippen molar-refractivity contribution < 1.29 is 9.84 Å². The van der Waals surface area contributed by atoms with Crippen LogP contribution in [-0.2, 0) is 11.2 Å². The number of aliphatic hydroxyl groups excluding tert-OH is 1. The van der Waals surface area contributed by atoms with Crippen LogP contribution < -0.4 is 0 Å². The summed E-state index contributed by atoms with van der Waals surface area (Å²) in [5.74, 6) is 0. The molecule has 0 aliphatic carbocycles. The fraction of sp³-hybridized carbons (Fsp3) is 0.769. The number of rotatable bonds is 8. The van der Waals surface area contributed by atoms with Gasteiger partial charge in [-0.25, -0.2) is 0 Å². The lowest BCUT2D eigenvalue weighted by Gasteiger charge is -2.46. The first kappa shape index (κ1) is 24.1. The van der Waals surface area contributed by atoms with E-state index >= 15 is 0 Å². The normalized spacial score (nSPS) is 27.6. The molecular weight excluding hydrogens is 400 g/mol. The van der Waals surface area contributed by atoms with E-state index in [-0.39, 0.29) is 11.5 Å². The molecule has 32 heavy (non-hydrogen) atoms. The maximum Gasteiger partial charge on any atom is 0.0822 e. The van der Waals surface area contributed by atoms with E-state index in [0.29, 0.717) is 6.04 Å². The third-order valence-corrected chi connectivity index (χ3v) is 7.47. The molecule has 3 heterocycles. The molecule has 180 valence electrons. The molecule has 0 aromatic heterocycles. The Morgan fingerprint density at radius 3 is 2.25 bits per heavy atom. The molecule has 4 rings (SSSR count). The average molecular weight is 445 g/mol. The van der Waals surface area contributed by atoms with Crippen molar-refractivity contribution in [3.05, 3.63) is 35.9 Å². The highest BCUT2D eigenvalue weighted by molar-refractivity contribution is 5.14. The number of aliphatic hydroxyl groups is 1. The topological polar surface area (TPSA) is 42.4 Å². The summed E-state index contributed by atoms with van der Waals surface area (Å²) in [6.07, 6.45) is 1.97. The molecule has 1 aromatic rings. The number of morpholine rings is 1. The molecule has 0 radical (unpaired) electrons. The molecule has 2 atom stereocenters. The van der Waals surface area contributed by atoms with Crippen LogP contribution in [0, 0.1) is 5.41 Å². The fourth-order valence-electron chi connectivity index (χ4n) is 5.82. The van der Waals surface area contributed by atoms with Crippen molar-refractivity contribution in [3.63, 3.8) is 0 Å². The zero-order valence-electron chi connectivity index (χ0n) is 20.3. The minimum absolute atomic E-state index is 0.230. The molecule has 6 nitrogen and oxygen atoms in total. The fourth-order valence-corrected chi connectivity index (χ4v) is 5.82. The van der Waals surface area contributed by atoms with Crippen LogP contribution in [0.4, 0.5) is 0 Å². The third-order valence-electron chi connectivity index (χ3n) is 7.47. The van der Waals surface area contributed by atoms with Crippen molar-refractivity contribution in [2.24, 2.45) is 5.41 Å². The zero-order valence-corrected chi connectivity index (χ0v) is 20.3. The van der Waals surface area contributed by atoms with E-state index < -0.39 is 0 Å². The number of piperidine rings is 1. The molecule has 0 spiro atoms. The second kappa shape index (κ2) is 11.4. The Balaban J connectivity index is 1.17. The first-order valence-corrected chi connectivity index (χ1v) is 12.7. The van der Waals surface area contributed by atoms with Gasteiger partial charge in [0.15, 0.2) is 0 Å². The lowest BCUT2D eigenvalue weighted by atomic mass is 9.89. The van der Waals surface area contributed by atoms with Crippen molar-refractivity contribution >= 4 is 0 Å². The van der Waals surface area contributed by atoms with Gasteiger partial charge in [0.2, 0.25) is 0 Å². The van der Waals surface area contributed by atoms with Gasteiger partial charge in [-0.05, 0) is 30.4 Å². The maximum absolute atomic E-state index is 11.0. The Morgan fingerprint density at radius 2 is 1.56 bits per heavy atom.